The van der Waals surface area contributed by atoms with Gasteiger partial charge in [0.05, 0.1) is 6.20 Å². The Morgan fingerprint density at radius 3 is 2.50 bits per heavy atom. The maximum atomic E-state index is 11.7. The molecular weight excluding hydrogens is 284 g/mol. The summed E-state index contributed by atoms with van der Waals surface area (Å²) in [7, 11) is 3.86. The molecule has 1 aromatic carbocycles. The molecular formula is C15H16N4O3. The van der Waals surface area contributed by atoms with Gasteiger partial charge in [0.1, 0.15) is 0 Å². The van der Waals surface area contributed by atoms with Gasteiger partial charge >= 0.3 is 5.97 Å². The highest BCUT2D eigenvalue weighted by molar-refractivity contribution is 5.94. The largest absolute Gasteiger partial charge is 0.451 e. The van der Waals surface area contributed by atoms with Crippen LogP contribution in [-0.2, 0) is 9.53 Å². The average Bonchev–Trinajstić information content (AvgIpc) is 2.54. The van der Waals surface area contributed by atoms with Crippen LogP contribution in [0.3, 0.4) is 0 Å². The van der Waals surface area contributed by atoms with Gasteiger partial charge in [0.2, 0.25) is 0 Å². The zero-order valence-electron chi connectivity index (χ0n) is 12.3. The van der Waals surface area contributed by atoms with E-state index >= 15 is 0 Å². The third-order valence-corrected chi connectivity index (χ3v) is 2.77. The number of amides is 1. The number of carbonyl (C=O) groups excluding carboxylic acids is 2. The van der Waals surface area contributed by atoms with E-state index in [0.29, 0.717) is 5.69 Å². The molecule has 0 aliphatic heterocycles. The summed E-state index contributed by atoms with van der Waals surface area (Å²) in [6, 6.07) is 7.30. The highest BCUT2D eigenvalue weighted by atomic mass is 16.5. The summed E-state index contributed by atoms with van der Waals surface area (Å²) in [5.41, 5.74) is 1.71. The minimum atomic E-state index is -0.689. The van der Waals surface area contributed by atoms with Gasteiger partial charge in [-0.2, -0.15) is 0 Å². The molecule has 7 heteroatoms. The highest BCUT2D eigenvalue weighted by Crippen LogP contribution is 2.15. The third kappa shape index (κ3) is 4.27. The van der Waals surface area contributed by atoms with Crippen LogP contribution >= 0.6 is 0 Å². The van der Waals surface area contributed by atoms with Gasteiger partial charge in [-0.15, -0.1) is 0 Å². The lowest BCUT2D eigenvalue weighted by atomic mass is 10.2. The molecule has 0 saturated carbocycles. The number of nitrogens with one attached hydrogen (secondary N) is 1. The first-order valence-electron chi connectivity index (χ1n) is 6.56. The summed E-state index contributed by atoms with van der Waals surface area (Å²) in [6.07, 6.45) is 4.10. The Morgan fingerprint density at radius 1 is 1.18 bits per heavy atom. The first-order valence-corrected chi connectivity index (χ1v) is 6.56. The van der Waals surface area contributed by atoms with Crippen LogP contribution in [0.1, 0.15) is 10.5 Å². The Labute approximate surface area is 127 Å². The summed E-state index contributed by atoms with van der Waals surface area (Å²) in [6.45, 7) is -0.384. The molecule has 114 valence electrons. The lowest BCUT2D eigenvalue weighted by molar-refractivity contribution is -0.119. The van der Waals surface area contributed by atoms with Crippen LogP contribution in [0.4, 0.5) is 11.4 Å². The van der Waals surface area contributed by atoms with Crippen LogP contribution < -0.4 is 10.2 Å². The second-order valence-electron chi connectivity index (χ2n) is 4.66. The molecule has 0 aliphatic carbocycles. The smallest absolute Gasteiger partial charge is 0.359 e. The zero-order chi connectivity index (χ0) is 15.9. The van der Waals surface area contributed by atoms with Crippen molar-refractivity contribution >= 4 is 23.3 Å². The fraction of sp³-hybridized carbons (Fsp3) is 0.200. The lowest BCUT2D eigenvalue weighted by Gasteiger charge is -2.13. The van der Waals surface area contributed by atoms with Crippen molar-refractivity contribution in [3.8, 4) is 0 Å². The fourth-order valence-electron chi connectivity index (χ4n) is 1.65. The molecule has 0 atom stereocenters. The molecule has 1 N–H and O–H groups in total. The van der Waals surface area contributed by atoms with Crippen molar-refractivity contribution in [3.05, 3.63) is 48.5 Å². The van der Waals surface area contributed by atoms with Crippen molar-refractivity contribution in [3.63, 3.8) is 0 Å². The summed E-state index contributed by atoms with van der Waals surface area (Å²) >= 11 is 0. The minimum Gasteiger partial charge on any atom is -0.451 e. The SMILES string of the molecule is CN(C)c1ccc(NC(=O)COC(=O)c2cnccn2)cc1. The molecule has 2 rings (SSSR count). The van der Waals surface area contributed by atoms with E-state index in [1.165, 1.54) is 18.6 Å². The van der Waals surface area contributed by atoms with E-state index in [1.54, 1.807) is 12.1 Å². The maximum absolute atomic E-state index is 11.7. The average molecular weight is 300 g/mol. The predicted octanol–water partition coefficient (Wildman–Crippen LogP) is 1.34. The van der Waals surface area contributed by atoms with Gasteiger partial charge in [-0.25, -0.2) is 9.78 Å². The predicted molar refractivity (Wildman–Crippen MR) is 81.7 cm³/mol. The monoisotopic (exact) mass is 300 g/mol. The number of esters is 1. The maximum Gasteiger partial charge on any atom is 0.359 e. The van der Waals surface area contributed by atoms with Gasteiger partial charge in [-0.05, 0) is 24.3 Å². The molecule has 0 saturated heterocycles. The lowest BCUT2D eigenvalue weighted by Crippen LogP contribution is -2.21. The molecule has 0 unspecified atom stereocenters. The number of nitrogens with zero attached hydrogens (tertiary/aromatic N) is 3. The van der Waals surface area contributed by atoms with Crippen molar-refractivity contribution < 1.29 is 14.3 Å². The van der Waals surface area contributed by atoms with Gasteiger partial charge in [0.25, 0.3) is 5.91 Å². The van der Waals surface area contributed by atoms with Crippen LogP contribution in [-0.4, -0.2) is 42.5 Å². The van der Waals surface area contributed by atoms with E-state index in [9.17, 15) is 9.59 Å². The van der Waals surface area contributed by atoms with Crippen LogP contribution in [0, 0.1) is 0 Å². The van der Waals surface area contributed by atoms with E-state index in [-0.39, 0.29) is 12.3 Å². The van der Waals surface area contributed by atoms with E-state index < -0.39 is 11.9 Å². The number of ether oxygens (including phenoxy) is 1. The molecule has 0 radical (unpaired) electrons. The van der Waals surface area contributed by atoms with Crippen molar-refractivity contribution in [1.29, 1.82) is 0 Å². The van der Waals surface area contributed by atoms with Crippen molar-refractivity contribution in [1.82, 2.24) is 9.97 Å². The third-order valence-electron chi connectivity index (χ3n) is 2.77. The number of hydrogen-bond acceptors (Lipinski definition) is 6. The Kier molecular flexibility index (Phi) is 5.02. The van der Waals surface area contributed by atoms with Crippen LogP contribution in [0.15, 0.2) is 42.9 Å². The van der Waals surface area contributed by atoms with E-state index in [1.807, 2.05) is 31.1 Å². The second-order valence-corrected chi connectivity index (χ2v) is 4.66. The quantitative estimate of drug-likeness (QED) is 0.839. The zero-order valence-corrected chi connectivity index (χ0v) is 12.3. The number of benzene rings is 1. The molecule has 0 spiro atoms. The van der Waals surface area contributed by atoms with Crippen LogP contribution in [0.25, 0.3) is 0 Å². The minimum absolute atomic E-state index is 0.0608. The molecule has 1 aromatic heterocycles. The molecule has 1 amide bonds. The summed E-state index contributed by atoms with van der Waals surface area (Å²) in [4.78, 5) is 32.8. The summed E-state index contributed by atoms with van der Waals surface area (Å²) < 4.78 is 4.86. The number of rotatable bonds is 5. The Morgan fingerprint density at radius 2 is 1.91 bits per heavy atom. The molecule has 22 heavy (non-hydrogen) atoms. The number of anilines is 2. The molecule has 7 nitrogen and oxygen atoms in total. The van der Waals surface area contributed by atoms with E-state index in [0.717, 1.165) is 5.69 Å². The van der Waals surface area contributed by atoms with Crippen LogP contribution in [0.2, 0.25) is 0 Å². The van der Waals surface area contributed by atoms with Gasteiger partial charge < -0.3 is 15.0 Å². The number of hydrogen-bond donors (Lipinski definition) is 1. The molecule has 0 fully saturated rings. The summed E-state index contributed by atoms with van der Waals surface area (Å²) in [5.74, 6) is -1.11. The van der Waals surface area contributed by atoms with Crippen LogP contribution in [0.5, 0.6) is 0 Å². The van der Waals surface area contributed by atoms with E-state index in [2.05, 4.69) is 15.3 Å². The van der Waals surface area contributed by atoms with Gasteiger partial charge in [0.15, 0.2) is 12.3 Å². The first-order chi connectivity index (χ1) is 10.6. The molecule has 2 aromatic rings. The fourth-order valence-corrected chi connectivity index (χ4v) is 1.65. The Balaban J connectivity index is 1.84. The summed E-state index contributed by atoms with van der Waals surface area (Å²) in [5, 5.41) is 2.64. The topological polar surface area (TPSA) is 84.4 Å². The number of carbonyl (C=O) groups is 2. The molecule has 0 bridgehead atoms. The molecule has 1 heterocycles. The second kappa shape index (κ2) is 7.16. The van der Waals surface area contributed by atoms with Gasteiger partial charge in [-0.3, -0.25) is 9.78 Å². The van der Waals surface area contributed by atoms with Crippen molar-refractivity contribution in [2.24, 2.45) is 0 Å². The van der Waals surface area contributed by atoms with Crippen molar-refractivity contribution in [2.75, 3.05) is 30.9 Å². The number of aromatic nitrogens is 2. The standard InChI is InChI=1S/C15H16N4O3/c1-19(2)12-5-3-11(4-6-12)18-14(20)10-22-15(21)13-9-16-7-8-17-13/h3-9H,10H2,1-2H3,(H,18,20). The van der Waals surface area contributed by atoms with Crippen molar-refractivity contribution in [2.45, 2.75) is 0 Å². The van der Waals surface area contributed by atoms with E-state index in [4.69, 9.17) is 4.74 Å². The van der Waals surface area contributed by atoms with Gasteiger partial charge in [0, 0.05) is 37.9 Å². The first kappa shape index (κ1) is 15.4. The normalized spacial score (nSPS) is 9.91. The molecule has 0 aliphatic rings. The van der Waals surface area contributed by atoms with Gasteiger partial charge in [-0.1, -0.05) is 0 Å². The highest BCUT2D eigenvalue weighted by Gasteiger charge is 2.11. The Bertz CT molecular complexity index is 642. The Hall–Kier alpha value is -2.96.